The van der Waals surface area contributed by atoms with Crippen LogP contribution in [0.5, 0.6) is 0 Å². The molecule has 3 aromatic rings. The van der Waals surface area contributed by atoms with Gasteiger partial charge in [-0.1, -0.05) is 11.6 Å². The Morgan fingerprint density at radius 1 is 1.16 bits per heavy atom. The Labute approximate surface area is 236 Å². The average Bonchev–Trinajstić information content (AvgIpc) is 3.54. The van der Waals surface area contributed by atoms with Crippen LogP contribution in [0.4, 0.5) is 0 Å². The molecule has 5 rings (SSSR count). The van der Waals surface area contributed by atoms with E-state index in [0.717, 1.165) is 47.2 Å². The topological polar surface area (TPSA) is 128 Å². The zero-order chi connectivity index (χ0) is 26.5. The van der Waals surface area contributed by atoms with Crippen molar-refractivity contribution in [2.24, 2.45) is 0 Å². The summed E-state index contributed by atoms with van der Waals surface area (Å²) in [6.45, 7) is 6.07. The van der Waals surface area contributed by atoms with Gasteiger partial charge in [0.05, 0.1) is 24.0 Å². The van der Waals surface area contributed by atoms with Crippen molar-refractivity contribution in [1.82, 2.24) is 29.8 Å². The molecule has 10 nitrogen and oxygen atoms in total. The van der Waals surface area contributed by atoms with Crippen LogP contribution in [0.15, 0.2) is 24.3 Å². The minimum Gasteiger partial charge on any atom is -0.351 e. The Bertz CT molecular complexity index is 1470. The Morgan fingerprint density at radius 2 is 1.84 bits per heavy atom. The van der Waals surface area contributed by atoms with Crippen molar-refractivity contribution < 1.29 is 18.0 Å². The number of carbonyl (C=O) groups is 2. The molecule has 1 fully saturated rings. The zero-order valence-electron chi connectivity index (χ0n) is 21.2. The first-order chi connectivity index (χ1) is 17.5. The van der Waals surface area contributed by atoms with Crippen LogP contribution in [0.2, 0.25) is 5.02 Å². The summed E-state index contributed by atoms with van der Waals surface area (Å²) in [5.41, 5.74) is 2.02. The number of sulfonamides is 1. The number of aromatic amines is 1. The number of thiazole rings is 1. The largest absolute Gasteiger partial charge is 0.351 e. The summed E-state index contributed by atoms with van der Waals surface area (Å²) in [6.07, 6.45) is 1.91. The van der Waals surface area contributed by atoms with E-state index in [2.05, 4.69) is 39.3 Å². The first-order valence-corrected chi connectivity index (χ1v) is 15.1. The SMILES string of the molecule is CC(C)N1CCc2nc(C(=O)N[C@@H]3CN(S(C)(=O)=O)C[C@@H]3NC(=O)c3cc4cc(Cl)ccc4[nH]3)sc2C1.Cl. The van der Waals surface area contributed by atoms with Gasteiger partial charge in [-0.15, -0.1) is 23.7 Å². The van der Waals surface area contributed by atoms with Gasteiger partial charge in [0, 0.05) is 59.4 Å². The van der Waals surface area contributed by atoms with E-state index in [9.17, 15) is 18.0 Å². The van der Waals surface area contributed by atoms with Crippen molar-refractivity contribution in [3.8, 4) is 0 Å². The van der Waals surface area contributed by atoms with Gasteiger partial charge < -0.3 is 15.6 Å². The summed E-state index contributed by atoms with van der Waals surface area (Å²) < 4.78 is 25.8. The van der Waals surface area contributed by atoms with Gasteiger partial charge in [0.1, 0.15) is 5.69 Å². The Hall–Kier alpha value is -2.22. The van der Waals surface area contributed by atoms with Gasteiger partial charge in [0.2, 0.25) is 10.0 Å². The van der Waals surface area contributed by atoms with Gasteiger partial charge in [-0.2, -0.15) is 4.31 Å². The van der Waals surface area contributed by atoms with E-state index in [1.165, 1.54) is 15.6 Å². The number of rotatable bonds is 6. The monoisotopic (exact) mass is 600 g/mol. The quantitative estimate of drug-likeness (QED) is 0.399. The smallest absolute Gasteiger partial charge is 0.280 e. The molecule has 1 saturated heterocycles. The molecule has 0 saturated carbocycles. The molecule has 1 aromatic carbocycles. The van der Waals surface area contributed by atoms with E-state index in [-0.39, 0.29) is 31.4 Å². The fourth-order valence-electron chi connectivity index (χ4n) is 4.79. The number of H-pyrrole nitrogens is 1. The van der Waals surface area contributed by atoms with Crippen molar-refractivity contribution in [2.45, 2.75) is 44.9 Å². The molecule has 0 spiro atoms. The Kier molecular flexibility index (Phi) is 8.41. The van der Waals surface area contributed by atoms with Crippen LogP contribution in [0.3, 0.4) is 0 Å². The number of amides is 2. The van der Waals surface area contributed by atoms with Gasteiger partial charge in [-0.25, -0.2) is 13.4 Å². The van der Waals surface area contributed by atoms with Gasteiger partial charge in [-0.3, -0.25) is 14.5 Å². The summed E-state index contributed by atoms with van der Waals surface area (Å²) >= 11 is 7.42. The summed E-state index contributed by atoms with van der Waals surface area (Å²) in [5, 5.41) is 7.52. The number of aromatic nitrogens is 2. The molecule has 2 amide bonds. The van der Waals surface area contributed by atoms with Crippen molar-refractivity contribution in [1.29, 1.82) is 0 Å². The van der Waals surface area contributed by atoms with E-state index in [1.807, 2.05) is 0 Å². The average molecular weight is 602 g/mol. The summed E-state index contributed by atoms with van der Waals surface area (Å²) in [7, 11) is -3.52. The normalized spacial score (nSPS) is 20.3. The summed E-state index contributed by atoms with van der Waals surface area (Å²) in [6, 6.07) is 6.13. The van der Waals surface area contributed by atoms with E-state index in [0.29, 0.717) is 21.8 Å². The maximum atomic E-state index is 13.2. The van der Waals surface area contributed by atoms with Gasteiger partial charge >= 0.3 is 0 Å². The molecule has 0 bridgehead atoms. The molecule has 14 heteroatoms. The van der Waals surface area contributed by atoms with Crippen molar-refractivity contribution in [3.05, 3.63) is 50.6 Å². The van der Waals surface area contributed by atoms with Crippen LogP contribution in [-0.2, 0) is 23.0 Å². The molecule has 0 radical (unpaired) electrons. The Balaban J connectivity index is 0.00000336. The fourth-order valence-corrected chi connectivity index (χ4v) is 6.87. The molecular weight excluding hydrogens is 571 g/mol. The minimum atomic E-state index is -3.52. The van der Waals surface area contributed by atoms with E-state index < -0.39 is 28.0 Å². The molecule has 206 valence electrons. The van der Waals surface area contributed by atoms with Gasteiger partial charge in [0.15, 0.2) is 5.01 Å². The number of fused-ring (bicyclic) bond motifs is 2. The summed E-state index contributed by atoms with van der Waals surface area (Å²) in [5.74, 6) is -0.763. The molecule has 2 atom stereocenters. The highest BCUT2D eigenvalue weighted by Crippen LogP contribution is 2.27. The molecule has 4 heterocycles. The third-order valence-corrected chi connectivity index (χ3v) is 9.45. The first kappa shape index (κ1) is 28.8. The van der Waals surface area contributed by atoms with Crippen molar-refractivity contribution in [3.63, 3.8) is 0 Å². The van der Waals surface area contributed by atoms with Crippen LogP contribution in [0.25, 0.3) is 10.9 Å². The van der Waals surface area contributed by atoms with Crippen LogP contribution in [0, 0.1) is 0 Å². The number of hydrogen-bond acceptors (Lipinski definition) is 7. The lowest BCUT2D eigenvalue weighted by atomic mass is 10.1. The standard InChI is InChI=1S/C24H29ClN6O4S2.ClH/c1-13(2)30-7-6-17-21(12-30)36-24(29-17)23(33)28-20-11-31(37(3,34)35)10-19(20)27-22(32)18-9-14-8-15(25)4-5-16(14)26-18;/h4-5,8-9,13,19-20,26H,6-7,10-12H2,1-3H3,(H,27,32)(H,28,33);1H/t19-,20+;/m0./s1. The predicted octanol–water partition coefficient (Wildman–Crippen LogP) is 2.64. The summed E-state index contributed by atoms with van der Waals surface area (Å²) in [4.78, 5) is 37.3. The predicted molar refractivity (Wildman–Crippen MR) is 151 cm³/mol. The third kappa shape index (κ3) is 6.00. The number of nitrogens with one attached hydrogen (secondary N) is 3. The highest BCUT2D eigenvalue weighted by Gasteiger charge is 2.39. The molecule has 2 aromatic heterocycles. The van der Waals surface area contributed by atoms with Gasteiger partial charge in [-0.05, 0) is 38.1 Å². The first-order valence-electron chi connectivity index (χ1n) is 12.1. The number of benzene rings is 1. The van der Waals surface area contributed by atoms with E-state index in [1.54, 1.807) is 24.3 Å². The Morgan fingerprint density at radius 3 is 2.50 bits per heavy atom. The third-order valence-electron chi connectivity index (χ3n) is 6.90. The second-order valence-electron chi connectivity index (χ2n) is 9.86. The van der Waals surface area contributed by atoms with Crippen LogP contribution < -0.4 is 10.6 Å². The van der Waals surface area contributed by atoms with Crippen LogP contribution in [-0.4, -0.2) is 83.4 Å². The maximum Gasteiger partial charge on any atom is 0.280 e. The highest BCUT2D eigenvalue weighted by molar-refractivity contribution is 7.88. The lowest BCUT2D eigenvalue weighted by molar-refractivity contribution is 0.0894. The second-order valence-corrected chi connectivity index (χ2v) is 13.4. The fraction of sp³-hybridized carbons (Fsp3) is 0.458. The second kappa shape index (κ2) is 11.1. The maximum absolute atomic E-state index is 13.2. The molecule has 38 heavy (non-hydrogen) atoms. The molecular formula is C24H30Cl2N6O4S2. The number of hydrogen-bond donors (Lipinski definition) is 3. The zero-order valence-corrected chi connectivity index (χ0v) is 24.4. The number of halogens is 2. The molecule has 0 aliphatic carbocycles. The number of nitrogens with zero attached hydrogens (tertiary/aromatic N) is 3. The van der Waals surface area contributed by atoms with E-state index >= 15 is 0 Å². The van der Waals surface area contributed by atoms with Crippen molar-refractivity contribution >= 4 is 68.1 Å². The molecule has 2 aliphatic heterocycles. The van der Waals surface area contributed by atoms with Crippen molar-refractivity contribution in [2.75, 3.05) is 25.9 Å². The van der Waals surface area contributed by atoms with E-state index in [4.69, 9.17) is 11.6 Å². The van der Waals surface area contributed by atoms with Crippen LogP contribution in [0.1, 0.15) is 44.7 Å². The lowest BCUT2D eigenvalue weighted by Crippen LogP contribution is -2.51. The number of carbonyl (C=O) groups excluding carboxylic acids is 2. The molecule has 2 aliphatic rings. The minimum absolute atomic E-state index is 0. The molecule has 0 unspecified atom stereocenters. The lowest BCUT2D eigenvalue weighted by Gasteiger charge is -2.29. The molecule has 3 N–H and O–H groups in total. The van der Waals surface area contributed by atoms with Crippen LogP contribution >= 0.6 is 35.3 Å². The highest BCUT2D eigenvalue weighted by atomic mass is 35.5. The van der Waals surface area contributed by atoms with Gasteiger partial charge in [0.25, 0.3) is 11.8 Å².